The highest BCUT2D eigenvalue weighted by Gasteiger charge is 2.23. The fraction of sp³-hybridized carbons (Fsp3) is 0.714. The van der Waals surface area contributed by atoms with Crippen LogP contribution in [0, 0.1) is 0 Å². The molecule has 16 heavy (non-hydrogen) atoms. The molecular formula is C7H14BrN5O2S. The zero-order valence-corrected chi connectivity index (χ0v) is 11.4. The van der Waals surface area contributed by atoms with Gasteiger partial charge < -0.3 is 5.73 Å². The summed E-state index contributed by atoms with van der Waals surface area (Å²) in [5.41, 5.74) is 5.63. The van der Waals surface area contributed by atoms with Crippen LogP contribution in [0.2, 0.25) is 0 Å². The molecule has 9 heteroatoms. The topological polar surface area (TPSA) is 103 Å². The molecule has 1 aromatic heterocycles. The SMILES string of the molecule is CCC(N)CNS(=O)(=O)c1c(Br)nnn1C. The highest BCUT2D eigenvalue weighted by Crippen LogP contribution is 2.17. The molecule has 0 saturated carbocycles. The Balaban J connectivity index is 2.87. The van der Waals surface area contributed by atoms with Crippen molar-refractivity contribution in [1.29, 1.82) is 0 Å². The van der Waals surface area contributed by atoms with Crippen molar-refractivity contribution in [3.05, 3.63) is 4.60 Å². The second-order valence-corrected chi connectivity index (χ2v) is 5.76. The lowest BCUT2D eigenvalue weighted by Gasteiger charge is -2.10. The predicted octanol–water partition coefficient (Wildman–Crippen LogP) is -0.407. The van der Waals surface area contributed by atoms with Gasteiger partial charge in [-0.2, -0.15) is 0 Å². The van der Waals surface area contributed by atoms with E-state index in [-0.39, 0.29) is 22.2 Å². The van der Waals surface area contributed by atoms with E-state index in [1.54, 1.807) is 0 Å². The van der Waals surface area contributed by atoms with Crippen molar-refractivity contribution in [1.82, 2.24) is 19.7 Å². The first kappa shape index (κ1) is 13.6. The van der Waals surface area contributed by atoms with E-state index in [1.165, 1.54) is 11.7 Å². The zero-order valence-electron chi connectivity index (χ0n) is 9.01. The molecule has 0 aliphatic carbocycles. The van der Waals surface area contributed by atoms with Gasteiger partial charge in [0.25, 0.3) is 10.0 Å². The molecule has 1 rings (SSSR count). The molecule has 0 aliphatic heterocycles. The lowest BCUT2D eigenvalue weighted by Crippen LogP contribution is -2.37. The Labute approximate surface area is 103 Å². The van der Waals surface area contributed by atoms with E-state index in [4.69, 9.17) is 5.73 Å². The number of sulfonamides is 1. The van der Waals surface area contributed by atoms with E-state index in [0.29, 0.717) is 6.42 Å². The van der Waals surface area contributed by atoms with Crippen molar-refractivity contribution in [2.24, 2.45) is 12.8 Å². The van der Waals surface area contributed by atoms with Crippen molar-refractivity contribution in [3.63, 3.8) is 0 Å². The Morgan fingerprint density at radius 2 is 2.25 bits per heavy atom. The van der Waals surface area contributed by atoms with Gasteiger partial charge in [0.05, 0.1) is 0 Å². The largest absolute Gasteiger partial charge is 0.327 e. The lowest BCUT2D eigenvalue weighted by molar-refractivity contribution is 0.547. The van der Waals surface area contributed by atoms with Crippen LogP contribution in [0.4, 0.5) is 0 Å². The number of rotatable bonds is 5. The molecule has 0 saturated heterocycles. The number of nitrogens with zero attached hydrogens (tertiary/aromatic N) is 3. The van der Waals surface area contributed by atoms with E-state index in [1.807, 2.05) is 6.92 Å². The average Bonchev–Trinajstić information content (AvgIpc) is 2.55. The second-order valence-electron chi connectivity index (χ2n) is 3.33. The number of aromatic nitrogens is 3. The average molecular weight is 312 g/mol. The van der Waals surface area contributed by atoms with Gasteiger partial charge in [0.2, 0.25) is 5.03 Å². The first-order chi connectivity index (χ1) is 7.38. The van der Waals surface area contributed by atoms with Crippen LogP contribution in [-0.2, 0) is 17.1 Å². The van der Waals surface area contributed by atoms with Crippen molar-refractivity contribution in [3.8, 4) is 0 Å². The van der Waals surface area contributed by atoms with Gasteiger partial charge >= 0.3 is 0 Å². The highest BCUT2D eigenvalue weighted by molar-refractivity contribution is 9.10. The Hall–Kier alpha value is -0.510. The summed E-state index contributed by atoms with van der Waals surface area (Å²) in [7, 11) is -2.12. The van der Waals surface area contributed by atoms with Crippen LogP contribution in [0.5, 0.6) is 0 Å². The van der Waals surface area contributed by atoms with Gasteiger partial charge in [-0.25, -0.2) is 17.8 Å². The van der Waals surface area contributed by atoms with E-state index in [9.17, 15) is 8.42 Å². The Morgan fingerprint density at radius 1 is 1.62 bits per heavy atom. The summed E-state index contributed by atoms with van der Waals surface area (Å²) in [6.07, 6.45) is 0.702. The number of aryl methyl sites for hydroxylation is 1. The molecule has 0 fully saturated rings. The van der Waals surface area contributed by atoms with Crippen LogP contribution >= 0.6 is 15.9 Å². The maximum absolute atomic E-state index is 11.9. The molecule has 1 atom stereocenters. The zero-order chi connectivity index (χ0) is 12.3. The minimum atomic E-state index is -3.62. The first-order valence-corrected chi connectivity index (χ1v) is 6.96. The number of nitrogens with one attached hydrogen (secondary N) is 1. The monoisotopic (exact) mass is 311 g/mol. The van der Waals surface area contributed by atoms with Crippen molar-refractivity contribution < 1.29 is 8.42 Å². The van der Waals surface area contributed by atoms with E-state index in [2.05, 4.69) is 31.0 Å². The van der Waals surface area contributed by atoms with E-state index in [0.717, 1.165) is 0 Å². The summed E-state index contributed by atoms with van der Waals surface area (Å²) in [6, 6.07) is -0.199. The fourth-order valence-electron chi connectivity index (χ4n) is 1.04. The molecule has 1 unspecified atom stereocenters. The van der Waals surface area contributed by atoms with Gasteiger partial charge in [0.15, 0.2) is 4.60 Å². The Bertz CT molecular complexity index is 438. The van der Waals surface area contributed by atoms with Gasteiger partial charge in [0, 0.05) is 19.6 Å². The third-order valence-electron chi connectivity index (χ3n) is 2.05. The standard InChI is InChI=1S/C7H14BrN5O2S/c1-3-5(9)4-10-16(14,15)7-6(8)11-12-13(7)2/h5,10H,3-4,9H2,1-2H3. The molecular weight excluding hydrogens is 298 g/mol. The summed E-state index contributed by atoms with van der Waals surface area (Å²) in [5.74, 6) is 0. The quantitative estimate of drug-likeness (QED) is 0.769. The minimum Gasteiger partial charge on any atom is -0.327 e. The number of hydrogen-bond acceptors (Lipinski definition) is 5. The Morgan fingerprint density at radius 3 is 2.69 bits per heavy atom. The molecule has 92 valence electrons. The van der Waals surface area contributed by atoms with Crippen LogP contribution in [0.1, 0.15) is 13.3 Å². The molecule has 0 spiro atoms. The minimum absolute atomic E-state index is 0.00389. The van der Waals surface area contributed by atoms with Crippen LogP contribution in [0.3, 0.4) is 0 Å². The second kappa shape index (κ2) is 5.21. The van der Waals surface area contributed by atoms with Gasteiger partial charge in [-0.15, -0.1) is 5.10 Å². The van der Waals surface area contributed by atoms with Gasteiger partial charge in [-0.3, -0.25) is 0 Å². The molecule has 1 aromatic rings. The van der Waals surface area contributed by atoms with Crippen LogP contribution in [0.25, 0.3) is 0 Å². The van der Waals surface area contributed by atoms with Crippen LogP contribution in [0.15, 0.2) is 9.63 Å². The van der Waals surface area contributed by atoms with E-state index < -0.39 is 10.0 Å². The fourth-order valence-corrected chi connectivity index (χ4v) is 3.22. The lowest BCUT2D eigenvalue weighted by atomic mass is 10.2. The predicted molar refractivity (Wildman–Crippen MR) is 62.2 cm³/mol. The smallest absolute Gasteiger partial charge is 0.260 e. The van der Waals surface area contributed by atoms with Crippen molar-refractivity contribution in [2.45, 2.75) is 24.4 Å². The highest BCUT2D eigenvalue weighted by atomic mass is 79.9. The third-order valence-corrected chi connectivity index (χ3v) is 4.36. The van der Waals surface area contributed by atoms with Crippen molar-refractivity contribution in [2.75, 3.05) is 6.54 Å². The summed E-state index contributed by atoms with van der Waals surface area (Å²) >= 11 is 3.03. The molecule has 0 aromatic carbocycles. The number of nitrogens with two attached hydrogens (primary N) is 1. The van der Waals surface area contributed by atoms with Crippen LogP contribution in [-0.4, -0.2) is 36.0 Å². The van der Waals surface area contributed by atoms with Gasteiger partial charge in [-0.05, 0) is 22.4 Å². The summed E-state index contributed by atoms with van der Waals surface area (Å²) in [6.45, 7) is 2.08. The maximum Gasteiger partial charge on any atom is 0.260 e. The summed E-state index contributed by atoms with van der Waals surface area (Å²) in [5, 5.41) is 7.20. The molecule has 0 amide bonds. The molecule has 0 aliphatic rings. The van der Waals surface area contributed by atoms with E-state index >= 15 is 0 Å². The van der Waals surface area contributed by atoms with Gasteiger partial charge in [0.1, 0.15) is 0 Å². The van der Waals surface area contributed by atoms with Gasteiger partial charge in [-0.1, -0.05) is 12.1 Å². The normalized spacial score (nSPS) is 14.0. The third kappa shape index (κ3) is 3.00. The van der Waals surface area contributed by atoms with Crippen molar-refractivity contribution >= 4 is 26.0 Å². The Kier molecular flexibility index (Phi) is 4.42. The molecule has 0 bridgehead atoms. The summed E-state index contributed by atoms with van der Waals surface area (Å²) < 4.78 is 27.5. The first-order valence-electron chi connectivity index (χ1n) is 4.69. The number of hydrogen-bond donors (Lipinski definition) is 2. The molecule has 3 N–H and O–H groups in total. The molecule has 0 radical (unpaired) electrons. The maximum atomic E-state index is 11.9. The van der Waals surface area contributed by atoms with Crippen LogP contribution < -0.4 is 10.5 Å². The molecule has 7 nitrogen and oxygen atoms in total. The summed E-state index contributed by atoms with van der Waals surface area (Å²) in [4.78, 5) is 0. The number of halogens is 1. The molecule has 1 heterocycles.